The Morgan fingerprint density at radius 3 is 2.53 bits per heavy atom. The highest BCUT2D eigenvalue weighted by Gasteiger charge is 2.46. The standard InChI is InChI=1S/C11H20O3S/c1-3-7-14-8-5-6-11(4-2)9-15(12,13)10-11/h3,7H,4-6,8-10H2,1-2H3/b7-3+. The second-order valence-corrected chi connectivity index (χ2v) is 6.39. The summed E-state index contributed by atoms with van der Waals surface area (Å²) in [5.41, 5.74) is 0.0537. The maximum Gasteiger partial charge on any atom is 0.151 e. The monoisotopic (exact) mass is 232 g/mol. The maximum absolute atomic E-state index is 11.2. The molecule has 1 rings (SSSR count). The Kier molecular flexibility index (Phi) is 4.20. The second kappa shape index (κ2) is 5.01. The van der Waals surface area contributed by atoms with Crippen LogP contribution in [0.1, 0.15) is 33.1 Å². The molecule has 1 heterocycles. The summed E-state index contributed by atoms with van der Waals surface area (Å²) in [4.78, 5) is 0. The SMILES string of the molecule is C/C=C/OCCCC1(CC)CS(=O)(=O)C1. The topological polar surface area (TPSA) is 43.4 Å². The summed E-state index contributed by atoms with van der Waals surface area (Å²) < 4.78 is 27.5. The van der Waals surface area contributed by atoms with Crippen molar-refractivity contribution in [1.29, 1.82) is 0 Å². The van der Waals surface area contributed by atoms with Crippen LogP contribution in [0.2, 0.25) is 0 Å². The molecule has 1 aliphatic heterocycles. The Bertz CT molecular complexity index is 305. The van der Waals surface area contributed by atoms with Gasteiger partial charge in [0.05, 0.1) is 24.4 Å². The molecule has 0 unspecified atom stereocenters. The summed E-state index contributed by atoms with van der Waals surface area (Å²) in [6.45, 7) is 4.67. The van der Waals surface area contributed by atoms with Crippen molar-refractivity contribution in [1.82, 2.24) is 0 Å². The molecule has 0 aliphatic carbocycles. The van der Waals surface area contributed by atoms with Crippen LogP contribution in [0.5, 0.6) is 0 Å². The van der Waals surface area contributed by atoms with Gasteiger partial charge in [-0.1, -0.05) is 13.0 Å². The van der Waals surface area contributed by atoms with Gasteiger partial charge in [-0.3, -0.25) is 0 Å². The van der Waals surface area contributed by atoms with Gasteiger partial charge in [-0.05, 0) is 31.6 Å². The van der Waals surface area contributed by atoms with E-state index in [1.165, 1.54) is 0 Å². The molecule has 0 amide bonds. The second-order valence-electron chi connectivity index (χ2n) is 4.33. The first kappa shape index (κ1) is 12.6. The summed E-state index contributed by atoms with van der Waals surface area (Å²) in [5.74, 6) is 0.750. The Morgan fingerprint density at radius 2 is 2.07 bits per heavy atom. The number of hydrogen-bond acceptors (Lipinski definition) is 3. The number of hydrogen-bond donors (Lipinski definition) is 0. The smallest absolute Gasteiger partial charge is 0.151 e. The largest absolute Gasteiger partial charge is 0.502 e. The van der Waals surface area contributed by atoms with Crippen molar-refractivity contribution in [3.05, 3.63) is 12.3 Å². The Hall–Kier alpha value is -0.510. The number of ether oxygens (including phenoxy) is 1. The molecule has 15 heavy (non-hydrogen) atoms. The lowest BCUT2D eigenvalue weighted by Gasteiger charge is -2.40. The number of allylic oxidation sites excluding steroid dienone is 1. The average molecular weight is 232 g/mol. The summed E-state index contributed by atoms with van der Waals surface area (Å²) in [6, 6.07) is 0. The minimum Gasteiger partial charge on any atom is -0.502 e. The van der Waals surface area contributed by atoms with Gasteiger partial charge in [-0.15, -0.1) is 0 Å². The van der Waals surface area contributed by atoms with Crippen LogP contribution in [-0.4, -0.2) is 26.5 Å². The zero-order valence-electron chi connectivity index (χ0n) is 9.53. The van der Waals surface area contributed by atoms with Crippen molar-refractivity contribution in [2.45, 2.75) is 33.1 Å². The predicted octanol–water partition coefficient (Wildman–Crippen LogP) is 2.14. The molecule has 0 aromatic rings. The molecule has 0 spiro atoms. The third-order valence-electron chi connectivity index (χ3n) is 3.00. The van der Waals surface area contributed by atoms with Crippen molar-refractivity contribution in [2.75, 3.05) is 18.1 Å². The summed E-state index contributed by atoms with van der Waals surface area (Å²) >= 11 is 0. The van der Waals surface area contributed by atoms with Crippen LogP contribution < -0.4 is 0 Å². The van der Waals surface area contributed by atoms with Crippen LogP contribution in [0, 0.1) is 5.41 Å². The molecular weight excluding hydrogens is 212 g/mol. The Morgan fingerprint density at radius 1 is 1.40 bits per heavy atom. The molecule has 1 aliphatic rings. The summed E-state index contributed by atoms with van der Waals surface area (Å²) in [5, 5.41) is 0. The first-order valence-corrected chi connectivity index (χ1v) is 7.29. The van der Waals surface area contributed by atoms with E-state index in [0.29, 0.717) is 18.1 Å². The van der Waals surface area contributed by atoms with Crippen molar-refractivity contribution in [3.8, 4) is 0 Å². The van der Waals surface area contributed by atoms with Crippen LogP contribution in [-0.2, 0) is 14.6 Å². The zero-order chi connectivity index (χ0) is 11.4. The highest BCUT2D eigenvalue weighted by Crippen LogP contribution is 2.40. The zero-order valence-corrected chi connectivity index (χ0v) is 10.3. The summed E-state index contributed by atoms with van der Waals surface area (Å²) in [7, 11) is -2.70. The molecule has 3 nitrogen and oxygen atoms in total. The van der Waals surface area contributed by atoms with Gasteiger partial charge in [0.1, 0.15) is 0 Å². The normalized spacial score (nSPS) is 22.5. The Labute approximate surface area is 92.4 Å². The van der Waals surface area contributed by atoms with E-state index in [9.17, 15) is 8.42 Å². The van der Waals surface area contributed by atoms with Crippen LogP contribution in [0.25, 0.3) is 0 Å². The maximum atomic E-state index is 11.2. The molecule has 0 atom stereocenters. The minimum absolute atomic E-state index is 0.0537. The van der Waals surface area contributed by atoms with E-state index in [4.69, 9.17) is 4.74 Å². The van der Waals surface area contributed by atoms with Crippen molar-refractivity contribution < 1.29 is 13.2 Å². The molecule has 1 fully saturated rings. The molecule has 1 saturated heterocycles. The molecule has 0 bridgehead atoms. The van der Waals surface area contributed by atoms with E-state index in [0.717, 1.165) is 19.3 Å². The van der Waals surface area contributed by atoms with Gasteiger partial charge in [-0.2, -0.15) is 0 Å². The molecule has 0 saturated carbocycles. The van der Waals surface area contributed by atoms with Crippen molar-refractivity contribution in [3.63, 3.8) is 0 Å². The van der Waals surface area contributed by atoms with Gasteiger partial charge in [0, 0.05) is 0 Å². The van der Waals surface area contributed by atoms with Crippen molar-refractivity contribution >= 4 is 9.84 Å². The van der Waals surface area contributed by atoms with Gasteiger partial charge < -0.3 is 4.74 Å². The molecule has 88 valence electrons. The van der Waals surface area contributed by atoms with Gasteiger partial charge in [-0.25, -0.2) is 8.42 Å². The van der Waals surface area contributed by atoms with E-state index >= 15 is 0 Å². The van der Waals surface area contributed by atoms with Crippen LogP contribution in [0.15, 0.2) is 12.3 Å². The third kappa shape index (κ3) is 3.52. The molecule has 0 aromatic heterocycles. The average Bonchev–Trinajstić information content (AvgIpc) is 2.14. The highest BCUT2D eigenvalue weighted by atomic mass is 32.2. The van der Waals surface area contributed by atoms with Crippen LogP contribution in [0.4, 0.5) is 0 Å². The van der Waals surface area contributed by atoms with E-state index in [1.807, 2.05) is 13.0 Å². The van der Waals surface area contributed by atoms with E-state index < -0.39 is 9.84 Å². The molecule has 0 N–H and O–H groups in total. The lowest BCUT2D eigenvalue weighted by atomic mass is 9.84. The summed E-state index contributed by atoms with van der Waals surface area (Å²) in [6.07, 6.45) is 6.38. The first-order chi connectivity index (χ1) is 7.04. The quantitative estimate of drug-likeness (QED) is 0.520. The predicted molar refractivity (Wildman–Crippen MR) is 61.4 cm³/mol. The molecule has 4 heteroatoms. The van der Waals surface area contributed by atoms with E-state index in [1.54, 1.807) is 6.26 Å². The van der Waals surface area contributed by atoms with E-state index in [-0.39, 0.29) is 5.41 Å². The third-order valence-corrected chi connectivity index (χ3v) is 5.11. The lowest BCUT2D eigenvalue weighted by molar-refractivity contribution is 0.205. The molecule has 0 aromatic carbocycles. The fourth-order valence-electron chi connectivity index (χ4n) is 2.11. The van der Waals surface area contributed by atoms with Gasteiger partial charge >= 0.3 is 0 Å². The van der Waals surface area contributed by atoms with Crippen molar-refractivity contribution in [2.24, 2.45) is 5.41 Å². The number of sulfone groups is 1. The van der Waals surface area contributed by atoms with Crippen LogP contribution in [0.3, 0.4) is 0 Å². The van der Waals surface area contributed by atoms with Crippen LogP contribution >= 0.6 is 0 Å². The highest BCUT2D eigenvalue weighted by molar-refractivity contribution is 7.92. The fraction of sp³-hybridized carbons (Fsp3) is 0.818. The Balaban J connectivity index is 2.25. The first-order valence-electron chi connectivity index (χ1n) is 5.47. The number of rotatable bonds is 6. The van der Waals surface area contributed by atoms with Gasteiger partial charge in [0.25, 0.3) is 0 Å². The van der Waals surface area contributed by atoms with Gasteiger partial charge in [0.2, 0.25) is 0 Å². The lowest BCUT2D eigenvalue weighted by Crippen LogP contribution is -2.48. The fourth-order valence-corrected chi connectivity index (χ4v) is 4.59. The minimum atomic E-state index is -2.70. The molecule has 0 radical (unpaired) electrons. The van der Waals surface area contributed by atoms with Gasteiger partial charge in [0.15, 0.2) is 9.84 Å². The van der Waals surface area contributed by atoms with E-state index in [2.05, 4.69) is 6.92 Å². The molecular formula is C11H20O3S.